The van der Waals surface area contributed by atoms with Crippen molar-refractivity contribution in [3.63, 3.8) is 0 Å². The molecule has 2 aromatic rings. The van der Waals surface area contributed by atoms with Gasteiger partial charge in [0.2, 0.25) is 0 Å². The molecule has 2 aromatic carbocycles. The van der Waals surface area contributed by atoms with Crippen molar-refractivity contribution in [2.75, 3.05) is 5.32 Å². The number of aryl methyl sites for hydroxylation is 2. The second kappa shape index (κ2) is 7.21. The van der Waals surface area contributed by atoms with Gasteiger partial charge in [-0.05, 0) is 49.7 Å². The first kappa shape index (κ1) is 17.6. The minimum Gasteiger partial charge on any atom is -0.406 e. The summed E-state index contributed by atoms with van der Waals surface area (Å²) in [5.74, 6) is -0.454. The molecule has 24 heavy (non-hydrogen) atoms. The summed E-state index contributed by atoms with van der Waals surface area (Å²) in [4.78, 5) is 12.1. The molecule has 6 heteroatoms. The molecule has 0 fully saturated rings. The number of ketones is 1. The fourth-order valence-corrected chi connectivity index (χ4v) is 2.06. The maximum atomic E-state index is 12.1. The Bertz CT molecular complexity index is 750. The normalized spacial score (nSPS) is 11.5. The molecule has 1 N–H and O–H groups in total. The first-order valence-corrected chi connectivity index (χ1v) is 7.15. The summed E-state index contributed by atoms with van der Waals surface area (Å²) in [6.07, 6.45) is -1.89. The van der Waals surface area contributed by atoms with Crippen LogP contribution in [0.5, 0.6) is 5.75 Å². The van der Waals surface area contributed by atoms with Crippen molar-refractivity contribution in [3.05, 3.63) is 71.4 Å². The summed E-state index contributed by atoms with van der Waals surface area (Å²) in [5, 5.41) is 2.83. The molecule has 2 rings (SSSR count). The summed E-state index contributed by atoms with van der Waals surface area (Å²) in [7, 11) is 0. The van der Waals surface area contributed by atoms with E-state index in [4.69, 9.17) is 0 Å². The van der Waals surface area contributed by atoms with E-state index in [2.05, 4.69) is 10.1 Å². The van der Waals surface area contributed by atoms with Crippen molar-refractivity contribution >= 4 is 11.5 Å². The molecule has 0 radical (unpaired) electrons. The van der Waals surface area contributed by atoms with Gasteiger partial charge in [0, 0.05) is 23.5 Å². The number of allylic oxidation sites excluding steroid dienone is 1. The van der Waals surface area contributed by atoms with Crippen molar-refractivity contribution < 1.29 is 22.7 Å². The molecule has 3 nitrogen and oxygen atoms in total. The average molecular weight is 335 g/mol. The van der Waals surface area contributed by atoms with Crippen LogP contribution >= 0.6 is 0 Å². The third-order valence-corrected chi connectivity index (χ3v) is 3.23. The minimum atomic E-state index is -4.72. The quantitative estimate of drug-likeness (QED) is 0.616. The molecule has 0 aliphatic carbocycles. The highest BCUT2D eigenvalue weighted by atomic mass is 19.4. The lowest BCUT2D eigenvalue weighted by molar-refractivity contribution is -0.274. The molecule has 0 saturated carbocycles. The molecule has 0 heterocycles. The van der Waals surface area contributed by atoms with E-state index >= 15 is 0 Å². The minimum absolute atomic E-state index is 0.152. The Labute approximate surface area is 137 Å². The van der Waals surface area contributed by atoms with E-state index < -0.39 is 6.36 Å². The van der Waals surface area contributed by atoms with Crippen LogP contribution in [0.25, 0.3) is 0 Å². The van der Waals surface area contributed by atoms with Crippen LogP contribution in [-0.4, -0.2) is 12.1 Å². The smallest absolute Gasteiger partial charge is 0.406 e. The number of anilines is 1. The van der Waals surface area contributed by atoms with Gasteiger partial charge in [-0.25, -0.2) is 0 Å². The van der Waals surface area contributed by atoms with Crippen molar-refractivity contribution in [3.8, 4) is 5.75 Å². The number of carbonyl (C=O) groups excluding carboxylic acids is 1. The van der Waals surface area contributed by atoms with Crippen LogP contribution in [0.15, 0.2) is 54.7 Å². The van der Waals surface area contributed by atoms with Crippen LogP contribution in [0.4, 0.5) is 18.9 Å². The van der Waals surface area contributed by atoms with Gasteiger partial charge in [0.05, 0.1) is 0 Å². The molecule has 126 valence electrons. The van der Waals surface area contributed by atoms with Gasteiger partial charge in [0.1, 0.15) is 5.75 Å². The lowest BCUT2D eigenvalue weighted by Gasteiger charge is -2.09. The Kier molecular flexibility index (Phi) is 5.28. The van der Waals surface area contributed by atoms with Gasteiger partial charge in [0.15, 0.2) is 5.78 Å². The van der Waals surface area contributed by atoms with Crippen LogP contribution in [0.1, 0.15) is 21.5 Å². The van der Waals surface area contributed by atoms with E-state index in [1.165, 1.54) is 36.5 Å². The van der Waals surface area contributed by atoms with E-state index in [9.17, 15) is 18.0 Å². The zero-order valence-corrected chi connectivity index (χ0v) is 13.1. The van der Waals surface area contributed by atoms with Crippen molar-refractivity contribution in [1.82, 2.24) is 0 Å². The molecule has 0 bridgehead atoms. The van der Waals surface area contributed by atoms with Gasteiger partial charge in [-0.3, -0.25) is 4.79 Å². The van der Waals surface area contributed by atoms with Crippen molar-refractivity contribution in [2.24, 2.45) is 0 Å². The van der Waals surface area contributed by atoms with E-state index in [0.717, 1.165) is 11.1 Å². The Balaban J connectivity index is 1.98. The first-order valence-electron chi connectivity index (χ1n) is 7.15. The average Bonchev–Trinajstić information content (AvgIpc) is 2.50. The number of hydrogen-bond donors (Lipinski definition) is 1. The monoisotopic (exact) mass is 335 g/mol. The van der Waals surface area contributed by atoms with Gasteiger partial charge in [-0.15, -0.1) is 13.2 Å². The number of benzene rings is 2. The Morgan fingerprint density at radius 2 is 1.75 bits per heavy atom. The maximum Gasteiger partial charge on any atom is 0.573 e. The Hall–Kier alpha value is -2.76. The number of alkyl halides is 3. The molecule has 0 aromatic heterocycles. The number of halogens is 3. The van der Waals surface area contributed by atoms with Crippen LogP contribution in [0.2, 0.25) is 0 Å². The van der Waals surface area contributed by atoms with Crippen LogP contribution in [0.3, 0.4) is 0 Å². The number of nitrogens with one attached hydrogen (secondary N) is 1. The Morgan fingerprint density at radius 3 is 2.38 bits per heavy atom. The van der Waals surface area contributed by atoms with Crippen LogP contribution in [0, 0.1) is 13.8 Å². The third-order valence-electron chi connectivity index (χ3n) is 3.23. The van der Waals surface area contributed by atoms with Gasteiger partial charge in [-0.2, -0.15) is 0 Å². The maximum absolute atomic E-state index is 12.1. The molecule has 0 atom stereocenters. The van der Waals surface area contributed by atoms with Gasteiger partial charge >= 0.3 is 6.36 Å². The summed E-state index contributed by atoms with van der Waals surface area (Å²) in [5.41, 5.74) is 3.02. The second-order valence-electron chi connectivity index (χ2n) is 5.23. The van der Waals surface area contributed by atoms with Gasteiger partial charge in [-0.1, -0.05) is 17.7 Å². The van der Waals surface area contributed by atoms with E-state index in [-0.39, 0.29) is 11.5 Å². The molecular formula is C18H16F3NO2. The zero-order chi connectivity index (χ0) is 17.7. The number of rotatable bonds is 5. The molecule has 0 aliphatic heterocycles. The van der Waals surface area contributed by atoms with Crippen LogP contribution < -0.4 is 10.1 Å². The highest BCUT2D eigenvalue weighted by molar-refractivity contribution is 6.05. The SMILES string of the molecule is Cc1ccc(C)c(C(=O)/C=C/Nc2ccc(OC(F)(F)F)cc2)c1. The summed E-state index contributed by atoms with van der Waals surface area (Å²) in [6, 6.07) is 10.8. The fourth-order valence-electron chi connectivity index (χ4n) is 2.06. The summed E-state index contributed by atoms with van der Waals surface area (Å²) >= 11 is 0. The predicted octanol–water partition coefficient (Wildman–Crippen LogP) is 5.01. The summed E-state index contributed by atoms with van der Waals surface area (Å²) < 4.78 is 40.0. The largest absolute Gasteiger partial charge is 0.573 e. The van der Waals surface area contributed by atoms with Crippen molar-refractivity contribution in [1.29, 1.82) is 0 Å². The lowest BCUT2D eigenvalue weighted by Crippen LogP contribution is -2.16. The molecule has 0 saturated heterocycles. The highest BCUT2D eigenvalue weighted by Gasteiger charge is 2.30. The number of ether oxygens (including phenoxy) is 1. The standard InChI is InChI=1S/C18H16F3NO2/c1-12-3-4-13(2)16(11-12)17(23)9-10-22-14-5-7-15(8-6-14)24-18(19,20)21/h3-11,22H,1-2H3/b10-9+. The Morgan fingerprint density at radius 1 is 1.08 bits per heavy atom. The molecule has 0 amide bonds. The third kappa shape index (κ3) is 5.15. The second-order valence-corrected chi connectivity index (χ2v) is 5.23. The molecule has 0 spiro atoms. The van der Waals surface area contributed by atoms with E-state index in [0.29, 0.717) is 11.3 Å². The summed E-state index contributed by atoms with van der Waals surface area (Å²) in [6.45, 7) is 3.76. The van der Waals surface area contributed by atoms with Crippen LogP contribution in [-0.2, 0) is 0 Å². The van der Waals surface area contributed by atoms with Gasteiger partial charge in [0.25, 0.3) is 0 Å². The highest BCUT2D eigenvalue weighted by Crippen LogP contribution is 2.23. The predicted molar refractivity (Wildman–Crippen MR) is 86.1 cm³/mol. The molecule has 0 aliphatic rings. The first-order chi connectivity index (χ1) is 11.2. The number of carbonyl (C=O) groups is 1. The lowest BCUT2D eigenvalue weighted by atomic mass is 10.0. The van der Waals surface area contributed by atoms with Gasteiger partial charge < -0.3 is 10.1 Å². The fraction of sp³-hybridized carbons (Fsp3) is 0.167. The number of hydrogen-bond acceptors (Lipinski definition) is 3. The zero-order valence-electron chi connectivity index (χ0n) is 13.1. The van der Waals surface area contributed by atoms with E-state index in [1.807, 2.05) is 32.0 Å². The topological polar surface area (TPSA) is 38.3 Å². The van der Waals surface area contributed by atoms with E-state index in [1.54, 1.807) is 0 Å². The molecular weight excluding hydrogens is 319 g/mol. The molecule has 0 unspecified atom stereocenters. The van der Waals surface area contributed by atoms with Crippen molar-refractivity contribution in [2.45, 2.75) is 20.2 Å².